The second kappa shape index (κ2) is 6.72. The fraction of sp³-hybridized carbons (Fsp3) is 0.533. The summed E-state index contributed by atoms with van der Waals surface area (Å²) in [6.07, 6.45) is 4.12. The van der Waals surface area contributed by atoms with E-state index in [9.17, 15) is 14.4 Å². The summed E-state index contributed by atoms with van der Waals surface area (Å²) in [5.41, 5.74) is 0. The Bertz CT molecular complexity index is 582. The van der Waals surface area contributed by atoms with Crippen LogP contribution in [0, 0.1) is 0 Å². The minimum atomic E-state index is -0.172. The van der Waals surface area contributed by atoms with E-state index >= 15 is 0 Å². The minimum Gasteiger partial charge on any atom is -0.339 e. The van der Waals surface area contributed by atoms with E-state index in [-0.39, 0.29) is 43.5 Å². The molecule has 0 radical (unpaired) electrons. The number of aromatic nitrogens is 2. The average molecular weight is 317 g/mol. The largest absolute Gasteiger partial charge is 0.339 e. The number of likely N-dealkylation sites (tertiary alicyclic amines) is 1. The van der Waals surface area contributed by atoms with Gasteiger partial charge in [-0.25, -0.2) is 9.97 Å². The topological polar surface area (TPSA) is 86.7 Å². The van der Waals surface area contributed by atoms with Crippen LogP contribution in [0.3, 0.4) is 0 Å². The maximum Gasteiger partial charge on any atom is 0.229 e. The van der Waals surface area contributed by atoms with Crippen LogP contribution in [0.2, 0.25) is 0 Å². The Morgan fingerprint density at radius 2 is 1.61 bits per heavy atom. The quantitative estimate of drug-likeness (QED) is 0.707. The summed E-state index contributed by atoms with van der Waals surface area (Å²) >= 11 is 0. The van der Waals surface area contributed by atoms with Crippen molar-refractivity contribution in [2.45, 2.75) is 19.3 Å². The molecule has 0 saturated carbocycles. The Morgan fingerprint density at radius 3 is 2.22 bits per heavy atom. The van der Waals surface area contributed by atoms with Crippen molar-refractivity contribution in [1.29, 1.82) is 0 Å². The van der Waals surface area contributed by atoms with Gasteiger partial charge in [-0.2, -0.15) is 0 Å². The number of carbonyl (C=O) groups excluding carboxylic acids is 3. The van der Waals surface area contributed by atoms with Crippen LogP contribution >= 0.6 is 0 Å². The highest BCUT2D eigenvalue weighted by molar-refractivity contribution is 6.02. The van der Waals surface area contributed by atoms with Gasteiger partial charge in [0.15, 0.2) is 0 Å². The molecule has 23 heavy (non-hydrogen) atoms. The summed E-state index contributed by atoms with van der Waals surface area (Å²) in [4.78, 5) is 48.7. The third-order valence-electron chi connectivity index (χ3n) is 4.17. The molecule has 3 amide bonds. The maximum atomic E-state index is 12.2. The van der Waals surface area contributed by atoms with Crippen LogP contribution in [-0.4, -0.2) is 70.2 Å². The second-order valence-corrected chi connectivity index (χ2v) is 5.61. The van der Waals surface area contributed by atoms with Crippen LogP contribution in [0.15, 0.2) is 18.5 Å². The SMILES string of the molecule is O=C(CCN1C(=O)CCC1=O)N1CCN(c2ncccn2)CC1. The van der Waals surface area contributed by atoms with Crippen LogP contribution in [0.25, 0.3) is 0 Å². The Hall–Kier alpha value is -2.51. The molecule has 1 aromatic heterocycles. The lowest BCUT2D eigenvalue weighted by Gasteiger charge is -2.34. The fourth-order valence-electron chi connectivity index (χ4n) is 2.85. The van der Waals surface area contributed by atoms with E-state index in [1.165, 1.54) is 4.90 Å². The zero-order valence-corrected chi connectivity index (χ0v) is 12.8. The van der Waals surface area contributed by atoms with Gasteiger partial charge in [-0.05, 0) is 6.07 Å². The minimum absolute atomic E-state index is 0.0221. The normalized spacial score (nSPS) is 18.7. The fourth-order valence-corrected chi connectivity index (χ4v) is 2.85. The summed E-state index contributed by atoms with van der Waals surface area (Å²) < 4.78 is 0. The van der Waals surface area contributed by atoms with Gasteiger partial charge in [0.25, 0.3) is 0 Å². The zero-order valence-electron chi connectivity index (χ0n) is 12.8. The van der Waals surface area contributed by atoms with Gasteiger partial charge >= 0.3 is 0 Å². The number of amides is 3. The van der Waals surface area contributed by atoms with Gasteiger partial charge in [0.1, 0.15) is 0 Å². The molecular weight excluding hydrogens is 298 g/mol. The maximum absolute atomic E-state index is 12.2. The third kappa shape index (κ3) is 3.46. The summed E-state index contributed by atoms with van der Waals surface area (Å²) in [5.74, 6) is 0.307. The molecule has 0 unspecified atom stereocenters. The van der Waals surface area contributed by atoms with E-state index in [0.717, 1.165) is 0 Å². The zero-order chi connectivity index (χ0) is 16.2. The molecule has 0 N–H and O–H groups in total. The molecule has 8 heteroatoms. The monoisotopic (exact) mass is 317 g/mol. The molecular formula is C15H19N5O3. The average Bonchev–Trinajstić information content (AvgIpc) is 2.92. The van der Waals surface area contributed by atoms with E-state index < -0.39 is 0 Å². The van der Waals surface area contributed by atoms with Crippen LogP contribution in [-0.2, 0) is 14.4 Å². The van der Waals surface area contributed by atoms with E-state index in [2.05, 4.69) is 9.97 Å². The van der Waals surface area contributed by atoms with Crippen LogP contribution in [0.5, 0.6) is 0 Å². The molecule has 2 aliphatic heterocycles. The van der Waals surface area contributed by atoms with Crippen molar-refractivity contribution in [1.82, 2.24) is 19.8 Å². The summed E-state index contributed by atoms with van der Waals surface area (Å²) in [6.45, 7) is 2.74. The van der Waals surface area contributed by atoms with Crippen molar-refractivity contribution in [3.63, 3.8) is 0 Å². The Labute approximate surface area is 134 Å². The number of hydrogen-bond donors (Lipinski definition) is 0. The number of nitrogens with zero attached hydrogens (tertiary/aromatic N) is 5. The van der Waals surface area contributed by atoms with Crippen LogP contribution in [0.1, 0.15) is 19.3 Å². The first-order valence-corrected chi connectivity index (χ1v) is 7.78. The van der Waals surface area contributed by atoms with E-state index in [1.54, 1.807) is 23.4 Å². The lowest BCUT2D eigenvalue weighted by molar-refractivity contribution is -0.139. The Kier molecular flexibility index (Phi) is 4.50. The molecule has 122 valence electrons. The van der Waals surface area contributed by atoms with Crippen molar-refractivity contribution in [3.8, 4) is 0 Å². The number of rotatable bonds is 4. The van der Waals surface area contributed by atoms with Crippen molar-refractivity contribution >= 4 is 23.7 Å². The van der Waals surface area contributed by atoms with E-state index in [4.69, 9.17) is 0 Å². The molecule has 3 rings (SSSR count). The van der Waals surface area contributed by atoms with E-state index in [1.807, 2.05) is 4.90 Å². The molecule has 3 heterocycles. The van der Waals surface area contributed by atoms with Gasteiger partial charge in [-0.3, -0.25) is 19.3 Å². The van der Waals surface area contributed by atoms with Crippen LogP contribution < -0.4 is 4.90 Å². The molecule has 1 aromatic rings. The van der Waals surface area contributed by atoms with Gasteiger partial charge < -0.3 is 9.80 Å². The van der Waals surface area contributed by atoms with Gasteiger partial charge in [-0.15, -0.1) is 0 Å². The molecule has 0 bridgehead atoms. The summed E-state index contributed by atoms with van der Waals surface area (Å²) in [6, 6.07) is 1.77. The molecule has 2 fully saturated rings. The van der Waals surface area contributed by atoms with Crippen LogP contribution in [0.4, 0.5) is 5.95 Å². The molecule has 2 saturated heterocycles. The van der Waals surface area contributed by atoms with Gasteiger partial charge in [0, 0.05) is 64.4 Å². The van der Waals surface area contributed by atoms with Gasteiger partial charge in [0.05, 0.1) is 0 Å². The van der Waals surface area contributed by atoms with Crippen molar-refractivity contribution in [2.24, 2.45) is 0 Å². The predicted molar refractivity (Wildman–Crippen MR) is 81.4 cm³/mol. The number of piperazine rings is 1. The van der Waals surface area contributed by atoms with Gasteiger partial charge in [0.2, 0.25) is 23.7 Å². The lowest BCUT2D eigenvalue weighted by atomic mass is 10.2. The molecule has 8 nitrogen and oxygen atoms in total. The first kappa shape index (κ1) is 15.4. The molecule has 0 spiro atoms. The number of anilines is 1. The standard InChI is InChI=1S/C15H19N5O3/c21-12(4-7-20-13(22)2-3-14(20)23)18-8-10-19(11-9-18)15-16-5-1-6-17-15/h1,5-6H,2-4,7-11H2. The lowest BCUT2D eigenvalue weighted by Crippen LogP contribution is -2.49. The highest BCUT2D eigenvalue weighted by Crippen LogP contribution is 2.14. The smallest absolute Gasteiger partial charge is 0.229 e. The Balaban J connectivity index is 1.47. The first-order chi connectivity index (χ1) is 11.1. The number of carbonyl (C=O) groups is 3. The first-order valence-electron chi connectivity index (χ1n) is 7.78. The summed E-state index contributed by atoms with van der Waals surface area (Å²) in [7, 11) is 0. The van der Waals surface area contributed by atoms with Crippen molar-refractivity contribution in [3.05, 3.63) is 18.5 Å². The number of hydrogen-bond acceptors (Lipinski definition) is 6. The summed E-state index contributed by atoms with van der Waals surface area (Å²) in [5, 5.41) is 0. The molecule has 0 atom stereocenters. The second-order valence-electron chi connectivity index (χ2n) is 5.61. The molecule has 0 aromatic carbocycles. The predicted octanol–water partition coefficient (Wildman–Crippen LogP) is -0.336. The van der Waals surface area contributed by atoms with Crippen molar-refractivity contribution in [2.75, 3.05) is 37.6 Å². The third-order valence-corrected chi connectivity index (χ3v) is 4.17. The highest BCUT2D eigenvalue weighted by Gasteiger charge is 2.30. The van der Waals surface area contributed by atoms with E-state index in [0.29, 0.717) is 32.1 Å². The number of imide groups is 1. The highest BCUT2D eigenvalue weighted by atomic mass is 16.2. The van der Waals surface area contributed by atoms with Crippen molar-refractivity contribution < 1.29 is 14.4 Å². The Morgan fingerprint density at radius 1 is 1.00 bits per heavy atom. The molecule has 0 aliphatic carbocycles. The molecule has 2 aliphatic rings. The van der Waals surface area contributed by atoms with Gasteiger partial charge in [-0.1, -0.05) is 0 Å².